The smallest absolute Gasteiger partial charge is 0.0902 e. The van der Waals surface area contributed by atoms with Crippen LogP contribution < -0.4 is 0 Å². The topological polar surface area (TPSA) is 29.5 Å². The van der Waals surface area contributed by atoms with E-state index in [9.17, 15) is 5.11 Å². The van der Waals surface area contributed by atoms with Gasteiger partial charge >= 0.3 is 0 Å². The first kappa shape index (κ1) is 11.7. The summed E-state index contributed by atoms with van der Waals surface area (Å²) >= 11 is 3.88. The third-order valence-electron chi connectivity index (χ3n) is 2.21. The van der Waals surface area contributed by atoms with Gasteiger partial charge in [0.15, 0.2) is 0 Å². The van der Waals surface area contributed by atoms with Gasteiger partial charge in [-0.2, -0.15) is 23.5 Å². The molecule has 0 bridgehead atoms. The normalized spacial score (nSPS) is 31.6. The van der Waals surface area contributed by atoms with E-state index in [0.717, 1.165) is 12.2 Å². The number of ether oxygens (including phenoxy) is 1. The summed E-state index contributed by atoms with van der Waals surface area (Å²) in [6.45, 7) is 2.66. The zero-order valence-corrected chi connectivity index (χ0v) is 9.87. The number of aliphatic hydroxyl groups is 1. The van der Waals surface area contributed by atoms with E-state index >= 15 is 0 Å². The summed E-state index contributed by atoms with van der Waals surface area (Å²) in [7, 11) is 1.64. The van der Waals surface area contributed by atoms with Crippen molar-refractivity contribution in [2.45, 2.75) is 29.9 Å². The predicted octanol–water partition coefficient (Wildman–Crippen LogP) is 1.62. The Kier molecular flexibility index (Phi) is 5.55. The lowest BCUT2D eigenvalue weighted by Crippen LogP contribution is -2.38. The molecule has 0 spiro atoms. The van der Waals surface area contributed by atoms with E-state index in [1.54, 1.807) is 7.11 Å². The third-order valence-corrected chi connectivity index (χ3v) is 5.60. The van der Waals surface area contributed by atoms with Crippen LogP contribution in [0.4, 0.5) is 0 Å². The van der Waals surface area contributed by atoms with E-state index in [1.807, 2.05) is 23.5 Å². The van der Waals surface area contributed by atoms with Crippen LogP contribution >= 0.6 is 23.5 Å². The van der Waals surface area contributed by atoms with Crippen molar-refractivity contribution in [3.05, 3.63) is 0 Å². The van der Waals surface area contributed by atoms with E-state index in [-0.39, 0.29) is 6.10 Å². The molecule has 78 valence electrons. The molecular weight excluding hydrogens is 204 g/mol. The molecule has 0 radical (unpaired) electrons. The Labute approximate surface area is 88.8 Å². The van der Waals surface area contributed by atoms with Crippen molar-refractivity contribution >= 4 is 23.5 Å². The number of methoxy groups -OCH3 is 1. The molecule has 0 aromatic carbocycles. The van der Waals surface area contributed by atoms with Crippen LogP contribution in [0.2, 0.25) is 0 Å². The highest BCUT2D eigenvalue weighted by molar-refractivity contribution is 8.07. The highest BCUT2D eigenvalue weighted by atomic mass is 32.2. The maximum atomic E-state index is 9.82. The van der Waals surface area contributed by atoms with Gasteiger partial charge in [0.1, 0.15) is 0 Å². The van der Waals surface area contributed by atoms with Gasteiger partial charge in [-0.3, -0.25) is 0 Å². The van der Waals surface area contributed by atoms with Crippen LogP contribution in [0.15, 0.2) is 0 Å². The van der Waals surface area contributed by atoms with Gasteiger partial charge in [-0.05, 0) is 6.42 Å². The van der Waals surface area contributed by atoms with Gasteiger partial charge < -0.3 is 9.84 Å². The minimum absolute atomic E-state index is 0.298. The number of aliphatic hydroxyl groups excluding tert-OH is 1. The molecule has 1 rings (SSSR count). The second-order valence-electron chi connectivity index (χ2n) is 3.18. The van der Waals surface area contributed by atoms with Crippen molar-refractivity contribution in [1.29, 1.82) is 0 Å². The van der Waals surface area contributed by atoms with Crippen LogP contribution in [0, 0.1) is 0 Å². The molecule has 3 unspecified atom stereocenters. The second kappa shape index (κ2) is 6.17. The highest BCUT2D eigenvalue weighted by Crippen LogP contribution is 2.35. The molecule has 4 heteroatoms. The fourth-order valence-corrected chi connectivity index (χ4v) is 4.69. The summed E-state index contributed by atoms with van der Waals surface area (Å²) in [5.74, 6) is 2.38. The van der Waals surface area contributed by atoms with E-state index in [1.165, 1.54) is 5.75 Å². The van der Waals surface area contributed by atoms with E-state index in [4.69, 9.17) is 4.74 Å². The summed E-state index contributed by atoms with van der Waals surface area (Å²) in [6.07, 6.45) is 0.844. The Morgan fingerprint density at radius 2 is 2.15 bits per heavy atom. The van der Waals surface area contributed by atoms with E-state index < -0.39 is 0 Å². The first-order chi connectivity index (χ1) is 6.29. The van der Waals surface area contributed by atoms with E-state index in [2.05, 4.69) is 6.92 Å². The van der Waals surface area contributed by atoms with Crippen molar-refractivity contribution in [1.82, 2.24) is 0 Å². The fraction of sp³-hybridized carbons (Fsp3) is 1.00. The number of hydrogen-bond donors (Lipinski definition) is 1. The van der Waals surface area contributed by atoms with Gasteiger partial charge in [0.2, 0.25) is 0 Å². The molecule has 1 aliphatic rings. The molecule has 13 heavy (non-hydrogen) atoms. The zero-order chi connectivity index (χ0) is 9.68. The van der Waals surface area contributed by atoms with Crippen molar-refractivity contribution in [2.24, 2.45) is 0 Å². The van der Waals surface area contributed by atoms with Crippen LogP contribution in [0.3, 0.4) is 0 Å². The van der Waals surface area contributed by atoms with Crippen molar-refractivity contribution < 1.29 is 9.84 Å². The lowest BCUT2D eigenvalue weighted by Gasteiger charge is -2.32. The highest BCUT2D eigenvalue weighted by Gasteiger charge is 2.30. The van der Waals surface area contributed by atoms with Gasteiger partial charge in [0.25, 0.3) is 0 Å². The van der Waals surface area contributed by atoms with Gasteiger partial charge in [0, 0.05) is 29.1 Å². The average molecular weight is 222 g/mol. The van der Waals surface area contributed by atoms with Crippen molar-refractivity contribution in [3.8, 4) is 0 Å². The molecule has 0 aromatic rings. The average Bonchev–Trinajstić information content (AvgIpc) is 2.18. The van der Waals surface area contributed by atoms with E-state index in [0.29, 0.717) is 17.1 Å². The number of thioether (sulfide) groups is 2. The molecule has 3 atom stereocenters. The SMILES string of the molecule is CCC1SCCSC1C(O)COC. The van der Waals surface area contributed by atoms with Crippen molar-refractivity contribution in [3.63, 3.8) is 0 Å². The quantitative estimate of drug-likeness (QED) is 0.783. The Morgan fingerprint density at radius 1 is 1.46 bits per heavy atom. The first-order valence-electron chi connectivity index (χ1n) is 4.69. The molecule has 1 heterocycles. The fourth-order valence-electron chi connectivity index (χ4n) is 1.56. The second-order valence-corrected chi connectivity index (χ2v) is 5.81. The molecule has 1 N–H and O–H groups in total. The lowest BCUT2D eigenvalue weighted by atomic mass is 10.1. The van der Waals surface area contributed by atoms with Gasteiger partial charge in [-0.1, -0.05) is 6.92 Å². The Balaban J connectivity index is 2.43. The molecule has 2 nitrogen and oxygen atoms in total. The van der Waals surface area contributed by atoms with Gasteiger partial charge in [-0.15, -0.1) is 0 Å². The standard InChI is InChI=1S/C9H18O2S2/c1-3-8-9(7(10)6-11-2)13-5-4-12-8/h7-10H,3-6H2,1-2H3. The zero-order valence-electron chi connectivity index (χ0n) is 8.23. The van der Waals surface area contributed by atoms with Gasteiger partial charge in [0.05, 0.1) is 12.7 Å². The summed E-state index contributed by atoms with van der Waals surface area (Å²) in [5.41, 5.74) is 0. The molecular formula is C9H18O2S2. The maximum Gasteiger partial charge on any atom is 0.0902 e. The molecule has 1 aliphatic heterocycles. The van der Waals surface area contributed by atoms with Crippen LogP contribution in [0.1, 0.15) is 13.3 Å². The molecule has 0 saturated carbocycles. The monoisotopic (exact) mass is 222 g/mol. The van der Waals surface area contributed by atoms with Crippen molar-refractivity contribution in [2.75, 3.05) is 25.2 Å². The maximum absolute atomic E-state index is 9.82. The Bertz CT molecular complexity index is 144. The predicted molar refractivity (Wildman–Crippen MR) is 60.7 cm³/mol. The Hall–Kier alpha value is 0.620. The third kappa shape index (κ3) is 3.35. The Morgan fingerprint density at radius 3 is 2.77 bits per heavy atom. The molecule has 1 saturated heterocycles. The molecule has 0 aliphatic carbocycles. The first-order valence-corrected chi connectivity index (χ1v) is 6.79. The van der Waals surface area contributed by atoms with Crippen LogP contribution in [-0.4, -0.2) is 46.9 Å². The largest absolute Gasteiger partial charge is 0.390 e. The molecule has 0 amide bonds. The van der Waals surface area contributed by atoms with Crippen LogP contribution in [0.5, 0.6) is 0 Å². The summed E-state index contributed by atoms with van der Waals surface area (Å²) in [6, 6.07) is 0. The molecule has 0 aromatic heterocycles. The summed E-state index contributed by atoms with van der Waals surface area (Å²) in [5, 5.41) is 10.8. The minimum atomic E-state index is -0.298. The van der Waals surface area contributed by atoms with Gasteiger partial charge in [-0.25, -0.2) is 0 Å². The number of hydrogen-bond acceptors (Lipinski definition) is 4. The summed E-state index contributed by atoms with van der Waals surface area (Å²) in [4.78, 5) is 0. The minimum Gasteiger partial charge on any atom is -0.390 e. The number of rotatable bonds is 4. The van der Waals surface area contributed by atoms with Crippen LogP contribution in [0.25, 0.3) is 0 Å². The lowest BCUT2D eigenvalue weighted by molar-refractivity contribution is 0.0626. The van der Waals surface area contributed by atoms with Crippen LogP contribution in [-0.2, 0) is 4.74 Å². The molecule has 1 fully saturated rings. The summed E-state index contributed by atoms with van der Waals surface area (Å²) < 4.78 is 4.98.